The number of nitrogens with zero attached hydrogens (tertiary/aromatic N) is 1. The van der Waals surface area contributed by atoms with Crippen molar-refractivity contribution in [1.29, 1.82) is 0 Å². The second kappa shape index (κ2) is 7.03. The molecule has 0 saturated heterocycles. The van der Waals surface area contributed by atoms with Gasteiger partial charge >= 0.3 is 6.18 Å². The summed E-state index contributed by atoms with van der Waals surface area (Å²) in [5, 5.41) is 2.76. The molecule has 3 rings (SSSR count). The van der Waals surface area contributed by atoms with E-state index in [0.717, 1.165) is 24.1 Å². The van der Waals surface area contributed by atoms with Gasteiger partial charge in [-0.05, 0) is 42.3 Å². The molecule has 0 aliphatic carbocycles. The van der Waals surface area contributed by atoms with Gasteiger partial charge in [-0.15, -0.1) is 0 Å². The number of benzene rings is 2. The Kier molecular flexibility index (Phi) is 4.79. The van der Waals surface area contributed by atoms with E-state index in [4.69, 9.17) is 4.42 Å². The van der Waals surface area contributed by atoms with Crippen LogP contribution in [0.25, 0.3) is 11.5 Å². The molecule has 26 heavy (non-hydrogen) atoms. The topological polar surface area (TPSA) is 55.1 Å². The molecule has 0 fully saturated rings. The highest BCUT2D eigenvalue weighted by Crippen LogP contribution is 2.30. The van der Waals surface area contributed by atoms with Crippen molar-refractivity contribution in [2.24, 2.45) is 0 Å². The molecule has 0 spiro atoms. The highest BCUT2D eigenvalue weighted by Gasteiger charge is 2.30. The van der Waals surface area contributed by atoms with Crippen molar-refractivity contribution in [2.75, 3.05) is 5.32 Å². The minimum absolute atomic E-state index is 0.0470. The lowest BCUT2D eigenvalue weighted by atomic mass is 10.1. The Morgan fingerprint density at radius 2 is 1.81 bits per heavy atom. The molecule has 3 aromatic rings. The van der Waals surface area contributed by atoms with Crippen LogP contribution in [0.4, 0.5) is 18.9 Å². The van der Waals surface area contributed by atoms with Crippen LogP contribution in [0, 0.1) is 0 Å². The first kappa shape index (κ1) is 17.7. The van der Waals surface area contributed by atoms with Gasteiger partial charge in [-0.3, -0.25) is 4.79 Å². The lowest BCUT2D eigenvalue weighted by Crippen LogP contribution is -2.13. The van der Waals surface area contributed by atoms with Crippen LogP contribution in [-0.4, -0.2) is 10.9 Å². The first-order chi connectivity index (χ1) is 12.4. The molecule has 1 amide bonds. The minimum Gasteiger partial charge on any atom is -0.444 e. The fourth-order valence-corrected chi connectivity index (χ4v) is 2.45. The molecule has 4 nitrogen and oxygen atoms in total. The van der Waals surface area contributed by atoms with Gasteiger partial charge in [0.1, 0.15) is 6.26 Å². The van der Waals surface area contributed by atoms with E-state index in [9.17, 15) is 18.0 Å². The number of rotatable bonds is 4. The Labute approximate surface area is 147 Å². The second-order valence-electron chi connectivity index (χ2n) is 5.58. The number of halogens is 3. The summed E-state index contributed by atoms with van der Waals surface area (Å²) in [5.74, 6) is -0.375. The number of anilines is 1. The summed E-state index contributed by atoms with van der Waals surface area (Å²) < 4.78 is 43.1. The molecule has 0 aliphatic heterocycles. The molecule has 0 radical (unpaired) electrons. The lowest BCUT2D eigenvalue weighted by molar-refractivity contribution is -0.137. The van der Waals surface area contributed by atoms with E-state index in [1.165, 1.54) is 18.4 Å². The zero-order chi connectivity index (χ0) is 18.7. The Balaban J connectivity index is 1.78. The number of alkyl halides is 3. The van der Waals surface area contributed by atoms with Crippen LogP contribution in [0.15, 0.2) is 59.2 Å². The molecular weight excluding hydrogens is 345 g/mol. The van der Waals surface area contributed by atoms with Gasteiger partial charge in [-0.1, -0.05) is 25.1 Å². The van der Waals surface area contributed by atoms with Crippen LogP contribution >= 0.6 is 0 Å². The number of aryl methyl sites for hydroxylation is 1. The summed E-state index contributed by atoms with van der Waals surface area (Å²) in [6.07, 6.45) is -2.48. The number of oxazole rings is 1. The van der Waals surface area contributed by atoms with Crippen molar-refractivity contribution in [1.82, 2.24) is 4.98 Å². The van der Waals surface area contributed by atoms with E-state index < -0.39 is 17.6 Å². The number of para-hydroxylation sites is 1. The van der Waals surface area contributed by atoms with Gasteiger partial charge in [0.15, 0.2) is 5.69 Å². The molecule has 0 atom stereocenters. The standard InChI is InChI=1S/C19H15F3N2O2/c1-2-12-5-3-4-6-15(12)23-17(25)16-11-26-18(24-16)13-7-9-14(10-8-13)19(20,21)22/h3-11H,2H2,1H3,(H,23,25). The van der Waals surface area contributed by atoms with E-state index in [-0.39, 0.29) is 11.6 Å². The Morgan fingerprint density at radius 1 is 1.12 bits per heavy atom. The predicted molar refractivity (Wildman–Crippen MR) is 90.7 cm³/mol. The van der Waals surface area contributed by atoms with Crippen molar-refractivity contribution in [3.63, 3.8) is 0 Å². The third-order valence-corrected chi connectivity index (χ3v) is 3.84. The van der Waals surface area contributed by atoms with Gasteiger partial charge in [0.25, 0.3) is 5.91 Å². The first-order valence-electron chi connectivity index (χ1n) is 7.91. The molecule has 1 aromatic heterocycles. The van der Waals surface area contributed by atoms with E-state index in [0.29, 0.717) is 11.3 Å². The van der Waals surface area contributed by atoms with E-state index in [1.807, 2.05) is 25.1 Å². The Hall–Kier alpha value is -3.09. The average Bonchev–Trinajstić information content (AvgIpc) is 3.12. The van der Waals surface area contributed by atoms with Gasteiger partial charge in [-0.2, -0.15) is 13.2 Å². The summed E-state index contributed by atoms with van der Waals surface area (Å²) in [4.78, 5) is 16.4. The largest absolute Gasteiger partial charge is 0.444 e. The quantitative estimate of drug-likeness (QED) is 0.698. The van der Waals surface area contributed by atoms with Crippen molar-refractivity contribution in [3.8, 4) is 11.5 Å². The summed E-state index contributed by atoms with van der Waals surface area (Å²) in [6, 6.07) is 11.8. The number of amides is 1. The summed E-state index contributed by atoms with van der Waals surface area (Å²) in [6.45, 7) is 1.98. The number of hydrogen-bond acceptors (Lipinski definition) is 3. The van der Waals surface area contributed by atoms with Gasteiger partial charge in [0.05, 0.1) is 5.56 Å². The van der Waals surface area contributed by atoms with Crippen LogP contribution in [0.3, 0.4) is 0 Å². The molecule has 0 bridgehead atoms. The smallest absolute Gasteiger partial charge is 0.416 e. The minimum atomic E-state index is -4.41. The predicted octanol–water partition coefficient (Wildman–Crippen LogP) is 5.18. The number of carbonyl (C=O) groups excluding carboxylic acids is 1. The van der Waals surface area contributed by atoms with Crippen LogP contribution < -0.4 is 5.32 Å². The molecule has 0 aliphatic rings. The zero-order valence-corrected chi connectivity index (χ0v) is 13.8. The molecule has 1 heterocycles. The molecule has 1 N–H and O–H groups in total. The summed E-state index contributed by atoms with van der Waals surface area (Å²) in [5.41, 5.74) is 1.30. The summed E-state index contributed by atoms with van der Waals surface area (Å²) >= 11 is 0. The first-order valence-corrected chi connectivity index (χ1v) is 7.91. The van der Waals surface area contributed by atoms with Crippen molar-refractivity contribution >= 4 is 11.6 Å². The fourth-order valence-electron chi connectivity index (χ4n) is 2.45. The third-order valence-electron chi connectivity index (χ3n) is 3.84. The van der Waals surface area contributed by atoms with Crippen LogP contribution in [0.1, 0.15) is 28.5 Å². The average molecular weight is 360 g/mol. The van der Waals surface area contributed by atoms with E-state index in [2.05, 4.69) is 10.3 Å². The normalized spacial score (nSPS) is 11.4. The highest BCUT2D eigenvalue weighted by molar-refractivity contribution is 6.03. The number of nitrogens with one attached hydrogen (secondary N) is 1. The maximum atomic E-state index is 12.6. The SMILES string of the molecule is CCc1ccccc1NC(=O)c1coc(-c2ccc(C(F)(F)F)cc2)n1. The molecule has 7 heteroatoms. The van der Waals surface area contributed by atoms with Crippen molar-refractivity contribution in [2.45, 2.75) is 19.5 Å². The Morgan fingerprint density at radius 3 is 2.46 bits per heavy atom. The maximum Gasteiger partial charge on any atom is 0.416 e. The van der Waals surface area contributed by atoms with Crippen LogP contribution in [0.2, 0.25) is 0 Å². The molecule has 0 saturated carbocycles. The van der Waals surface area contributed by atoms with Crippen LogP contribution in [-0.2, 0) is 12.6 Å². The van der Waals surface area contributed by atoms with Gasteiger partial charge < -0.3 is 9.73 Å². The van der Waals surface area contributed by atoms with Crippen molar-refractivity contribution in [3.05, 3.63) is 71.6 Å². The van der Waals surface area contributed by atoms with E-state index >= 15 is 0 Å². The zero-order valence-electron chi connectivity index (χ0n) is 13.8. The summed E-state index contributed by atoms with van der Waals surface area (Å²) in [7, 11) is 0. The number of hydrogen-bond donors (Lipinski definition) is 1. The Bertz CT molecular complexity index is 915. The molecular formula is C19H15F3N2O2. The molecule has 0 unspecified atom stereocenters. The van der Waals surface area contributed by atoms with Gasteiger partial charge in [-0.25, -0.2) is 4.98 Å². The maximum absolute atomic E-state index is 12.6. The third kappa shape index (κ3) is 3.77. The number of aromatic nitrogens is 1. The highest BCUT2D eigenvalue weighted by atomic mass is 19.4. The molecule has 2 aromatic carbocycles. The van der Waals surface area contributed by atoms with Gasteiger partial charge in [0, 0.05) is 11.3 Å². The fraction of sp³-hybridized carbons (Fsp3) is 0.158. The second-order valence-corrected chi connectivity index (χ2v) is 5.58. The molecule has 134 valence electrons. The van der Waals surface area contributed by atoms with Crippen molar-refractivity contribution < 1.29 is 22.4 Å². The van der Waals surface area contributed by atoms with Gasteiger partial charge in [0.2, 0.25) is 5.89 Å². The number of carbonyl (C=O) groups is 1. The van der Waals surface area contributed by atoms with Crippen LogP contribution in [0.5, 0.6) is 0 Å². The monoisotopic (exact) mass is 360 g/mol. The lowest BCUT2D eigenvalue weighted by Gasteiger charge is -2.07. The van der Waals surface area contributed by atoms with E-state index in [1.54, 1.807) is 6.07 Å².